The highest BCUT2D eigenvalue weighted by molar-refractivity contribution is 5.98. The molecular formula is C29H32FN3O4. The number of halogens is 1. The van der Waals surface area contributed by atoms with Crippen molar-refractivity contribution in [1.29, 1.82) is 0 Å². The molecule has 194 valence electrons. The first kappa shape index (κ1) is 26.3. The Hall–Kier alpha value is -3.78. The fraction of sp³-hybridized carbons (Fsp3) is 0.345. The summed E-state index contributed by atoms with van der Waals surface area (Å²) < 4.78 is 25.3. The predicted octanol–water partition coefficient (Wildman–Crippen LogP) is 4.70. The van der Waals surface area contributed by atoms with Crippen LogP contribution in [0.3, 0.4) is 0 Å². The lowest BCUT2D eigenvalue weighted by Gasteiger charge is -2.18. The maximum atomic E-state index is 14.0. The quantitative estimate of drug-likeness (QED) is 0.387. The lowest BCUT2D eigenvalue weighted by Crippen LogP contribution is -2.42. The van der Waals surface area contributed by atoms with E-state index in [0.717, 1.165) is 12.8 Å². The summed E-state index contributed by atoms with van der Waals surface area (Å²) in [5, 5.41) is 2.87. The van der Waals surface area contributed by atoms with Gasteiger partial charge in [-0.15, -0.1) is 0 Å². The average molecular weight is 506 g/mol. The molecule has 8 heteroatoms. The number of aromatic nitrogens is 1. The molecule has 0 unspecified atom stereocenters. The van der Waals surface area contributed by atoms with E-state index in [2.05, 4.69) is 10.3 Å². The topological polar surface area (TPSA) is 104 Å². The fourth-order valence-corrected chi connectivity index (χ4v) is 3.64. The van der Waals surface area contributed by atoms with Gasteiger partial charge in [-0.25, -0.2) is 4.39 Å². The van der Waals surface area contributed by atoms with E-state index < -0.39 is 11.5 Å². The first-order valence-corrected chi connectivity index (χ1v) is 12.3. The Morgan fingerprint density at radius 1 is 1.16 bits per heavy atom. The van der Waals surface area contributed by atoms with Gasteiger partial charge in [0.15, 0.2) is 0 Å². The molecule has 1 aliphatic carbocycles. The van der Waals surface area contributed by atoms with Crippen LogP contribution in [0.4, 0.5) is 4.39 Å². The van der Waals surface area contributed by atoms with Crippen LogP contribution >= 0.6 is 0 Å². The number of hydrogen-bond donors (Lipinski definition) is 2. The molecule has 0 radical (unpaired) electrons. The summed E-state index contributed by atoms with van der Waals surface area (Å²) in [6.07, 6.45) is 3.87. The minimum atomic E-state index is -1.12. The number of amides is 1. The van der Waals surface area contributed by atoms with E-state index >= 15 is 0 Å². The third-order valence-corrected chi connectivity index (χ3v) is 6.13. The van der Waals surface area contributed by atoms with E-state index in [0.29, 0.717) is 51.8 Å². The van der Waals surface area contributed by atoms with Crippen LogP contribution in [0.15, 0.2) is 54.7 Å². The lowest BCUT2D eigenvalue weighted by molar-refractivity contribution is -0.150. The third-order valence-electron chi connectivity index (χ3n) is 6.13. The van der Waals surface area contributed by atoms with Crippen LogP contribution in [-0.2, 0) is 22.7 Å². The Kier molecular flexibility index (Phi) is 7.88. The van der Waals surface area contributed by atoms with Gasteiger partial charge in [0.25, 0.3) is 5.91 Å². The minimum absolute atomic E-state index is 0.0108. The standard InChI is InChI=1S/C29H32FN3O4/c1-18-6-7-20(13-24(18)30)15-33-27(34)23-14-21(10-11-25(23)36-16-19-8-9-19)26-22(5-4-12-32-26)17-37-28(35)29(2,3)31/h4-7,10-14,19H,8-9,15-17,31H2,1-3H3,(H,33,34). The molecule has 3 aromatic rings. The molecule has 0 spiro atoms. The van der Waals surface area contributed by atoms with Gasteiger partial charge in [0, 0.05) is 23.9 Å². The minimum Gasteiger partial charge on any atom is -0.492 e. The molecule has 1 amide bonds. The van der Waals surface area contributed by atoms with Crippen LogP contribution in [0.2, 0.25) is 0 Å². The van der Waals surface area contributed by atoms with Crippen LogP contribution in [-0.4, -0.2) is 29.0 Å². The zero-order valence-corrected chi connectivity index (χ0v) is 21.3. The normalized spacial score (nSPS) is 13.2. The number of aryl methyl sites for hydroxylation is 1. The molecule has 37 heavy (non-hydrogen) atoms. The monoisotopic (exact) mass is 505 g/mol. The molecule has 7 nitrogen and oxygen atoms in total. The van der Waals surface area contributed by atoms with Gasteiger partial charge in [-0.1, -0.05) is 18.2 Å². The van der Waals surface area contributed by atoms with Gasteiger partial charge >= 0.3 is 5.97 Å². The molecule has 0 bridgehead atoms. The highest BCUT2D eigenvalue weighted by Crippen LogP contribution is 2.32. The van der Waals surface area contributed by atoms with Crippen molar-refractivity contribution in [3.8, 4) is 17.0 Å². The highest BCUT2D eigenvalue weighted by atomic mass is 19.1. The van der Waals surface area contributed by atoms with Crippen molar-refractivity contribution in [2.24, 2.45) is 11.7 Å². The fourth-order valence-electron chi connectivity index (χ4n) is 3.64. The van der Waals surface area contributed by atoms with E-state index in [1.54, 1.807) is 57.3 Å². The molecule has 3 N–H and O–H groups in total. The molecule has 1 saturated carbocycles. The third kappa shape index (κ3) is 6.92. The van der Waals surface area contributed by atoms with Crippen molar-refractivity contribution in [2.75, 3.05) is 6.61 Å². The second-order valence-corrected chi connectivity index (χ2v) is 10.0. The highest BCUT2D eigenvalue weighted by Gasteiger charge is 2.25. The summed E-state index contributed by atoms with van der Waals surface area (Å²) in [7, 11) is 0. The number of carbonyl (C=O) groups is 2. The number of nitrogens with two attached hydrogens (primary N) is 1. The maximum absolute atomic E-state index is 14.0. The molecule has 4 rings (SSSR count). The van der Waals surface area contributed by atoms with Gasteiger partial charge in [-0.05, 0) is 81.0 Å². The summed E-state index contributed by atoms with van der Waals surface area (Å²) in [6, 6.07) is 13.7. The molecule has 1 fully saturated rings. The van der Waals surface area contributed by atoms with Gasteiger partial charge < -0.3 is 20.5 Å². The van der Waals surface area contributed by atoms with E-state index in [4.69, 9.17) is 15.2 Å². The van der Waals surface area contributed by atoms with Crippen molar-refractivity contribution < 1.29 is 23.5 Å². The Labute approximate surface area is 216 Å². The molecule has 0 atom stereocenters. The number of nitrogens with zero attached hydrogens (tertiary/aromatic N) is 1. The Morgan fingerprint density at radius 2 is 1.95 bits per heavy atom. The Balaban J connectivity index is 1.58. The molecule has 1 aromatic heterocycles. The number of pyridine rings is 1. The number of ether oxygens (including phenoxy) is 2. The Bertz CT molecular complexity index is 1300. The van der Waals surface area contributed by atoms with Crippen LogP contribution in [0.25, 0.3) is 11.3 Å². The van der Waals surface area contributed by atoms with Gasteiger partial charge in [0.1, 0.15) is 23.7 Å². The number of hydrogen-bond acceptors (Lipinski definition) is 6. The summed E-state index contributed by atoms with van der Waals surface area (Å²) in [5.41, 5.74) is 8.19. The van der Waals surface area contributed by atoms with E-state index in [-0.39, 0.29) is 24.9 Å². The van der Waals surface area contributed by atoms with Crippen LogP contribution in [0.5, 0.6) is 5.75 Å². The van der Waals surface area contributed by atoms with E-state index in [9.17, 15) is 14.0 Å². The van der Waals surface area contributed by atoms with Gasteiger partial charge in [0.05, 0.1) is 17.9 Å². The molecule has 1 heterocycles. The summed E-state index contributed by atoms with van der Waals surface area (Å²) in [4.78, 5) is 29.9. The van der Waals surface area contributed by atoms with Crippen molar-refractivity contribution in [1.82, 2.24) is 10.3 Å². The predicted molar refractivity (Wildman–Crippen MR) is 138 cm³/mol. The maximum Gasteiger partial charge on any atom is 0.325 e. The van der Waals surface area contributed by atoms with E-state index in [1.165, 1.54) is 6.07 Å². The number of benzene rings is 2. The van der Waals surface area contributed by atoms with Crippen molar-refractivity contribution in [3.05, 3.63) is 82.8 Å². The molecule has 0 aliphatic heterocycles. The van der Waals surface area contributed by atoms with Gasteiger partial charge in [-0.2, -0.15) is 0 Å². The smallest absolute Gasteiger partial charge is 0.325 e. The van der Waals surface area contributed by atoms with Crippen LogP contribution in [0.1, 0.15) is 53.7 Å². The number of rotatable bonds is 10. The SMILES string of the molecule is Cc1ccc(CNC(=O)c2cc(-c3ncccc3COC(=O)C(C)(C)N)ccc2OCC2CC2)cc1F. The molecular weight excluding hydrogens is 473 g/mol. The zero-order chi connectivity index (χ0) is 26.6. The summed E-state index contributed by atoms with van der Waals surface area (Å²) in [5.74, 6) is -0.211. The first-order chi connectivity index (χ1) is 17.6. The first-order valence-electron chi connectivity index (χ1n) is 12.3. The number of nitrogens with one attached hydrogen (secondary N) is 1. The Morgan fingerprint density at radius 3 is 2.65 bits per heavy atom. The van der Waals surface area contributed by atoms with Crippen molar-refractivity contribution in [3.63, 3.8) is 0 Å². The second-order valence-electron chi connectivity index (χ2n) is 10.0. The van der Waals surface area contributed by atoms with Crippen molar-refractivity contribution >= 4 is 11.9 Å². The summed E-state index contributed by atoms with van der Waals surface area (Å²) >= 11 is 0. The number of carbonyl (C=O) groups excluding carboxylic acids is 2. The number of esters is 1. The van der Waals surface area contributed by atoms with Gasteiger partial charge in [0.2, 0.25) is 0 Å². The average Bonchev–Trinajstić information content (AvgIpc) is 3.70. The second kappa shape index (κ2) is 11.1. The molecule has 2 aromatic carbocycles. The molecule has 1 aliphatic rings. The summed E-state index contributed by atoms with van der Waals surface area (Å²) in [6.45, 7) is 5.55. The van der Waals surface area contributed by atoms with Crippen molar-refractivity contribution in [2.45, 2.75) is 52.3 Å². The van der Waals surface area contributed by atoms with Gasteiger partial charge in [-0.3, -0.25) is 14.6 Å². The molecule has 0 saturated heterocycles. The van der Waals surface area contributed by atoms with E-state index in [1.807, 2.05) is 12.1 Å². The lowest BCUT2D eigenvalue weighted by atomic mass is 10.0. The zero-order valence-electron chi connectivity index (χ0n) is 21.3. The van der Waals surface area contributed by atoms with Crippen LogP contribution in [0, 0.1) is 18.7 Å². The largest absolute Gasteiger partial charge is 0.492 e. The van der Waals surface area contributed by atoms with Crippen LogP contribution < -0.4 is 15.8 Å².